The van der Waals surface area contributed by atoms with Crippen LogP contribution in [-0.2, 0) is 30.3 Å². The van der Waals surface area contributed by atoms with Crippen LogP contribution in [0.25, 0.3) is 0 Å². The standard InChI is InChI=1S/C24H36BN3O7/c29-22(28-11-15-35-16-12-28)17-20(26-23(30)19-9-13-34-14-10-19)24(31)27-21(25(32)33)8-4-7-18-5-2-1-3-6-18/h1-3,5-6,19-21,32-33H,4,7-17H2,(H,26,30)(H,27,31)/t20-,21+/m1/s1. The van der Waals surface area contributed by atoms with Gasteiger partial charge in [0.25, 0.3) is 0 Å². The normalized spacial score (nSPS) is 18.4. The fourth-order valence-corrected chi connectivity index (χ4v) is 4.32. The Morgan fingerprint density at radius 2 is 1.66 bits per heavy atom. The Balaban J connectivity index is 1.61. The highest BCUT2D eigenvalue weighted by Crippen LogP contribution is 2.16. The van der Waals surface area contributed by atoms with E-state index in [4.69, 9.17) is 9.47 Å². The summed E-state index contributed by atoms with van der Waals surface area (Å²) in [7, 11) is -1.77. The van der Waals surface area contributed by atoms with E-state index in [2.05, 4.69) is 10.6 Å². The molecule has 2 heterocycles. The van der Waals surface area contributed by atoms with Gasteiger partial charge in [0, 0.05) is 32.2 Å². The summed E-state index contributed by atoms with van der Waals surface area (Å²) in [6.07, 6.45) is 2.57. The fourth-order valence-electron chi connectivity index (χ4n) is 4.32. The van der Waals surface area contributed by atoms with Crippen LogP contribution in [0.15, 0.2) is 30.3 Å². The third kappa shape index (κ3) is 8.92. The van der Waals surface area contributed by atoms with Crippen LogP contribution < -0.4 is 10.6 Å². The molecule has 0 radical (unpaired) electrons. The van der Waals surface area contributed by atoms with Crippen LogP contribution in [0.1, 0.15) is 37.7 Å². The van der Waals surface area contributed by atoms with Crippen LogP contribution >= 0.6 is 0 Å². The van der Waals surface area contributed by atoms with Crippen LogP contribution in [0.2, 0.25) is 0 Å². The van der Waals surface area contributed by atoms with Crippen molar-refractivity contribution in [2.24, 2.45) is 5.92 Å². The first-order valence-electron chi connectivity index (χ1n) is 12.4. The van der Waals surface area contributed by atoms with Crippen molar-refractivity contribution in [2.45, 2.75) is 50.5 Å². The molecule has 1 aromatic rings. The van der Waals surface area contributed by atoms with Gasteiger partial charge in [0.1, 0.15) is 6.04 Å². The van der Waals surface area contributed by atoms with Crippen molar-refractivity contribution >= 4 is 24.8 Å². The SMILES string of the molecule is O=C(N[C@H](CC(=O)N1CCOCC1)C(=O)N[C@@H](CCCc1ccccc1)B(O)O)C1CCOCC1. The Labute approximate surface area is 206 Å². The maximum atomic E-state index is 13.2. The van der Waals surface area contributed by atoms with Gasteiger partial charge in [0.05, 0.1) is 25.6 Å². The van der Waals surface area contributed by atoms with Gasteiger partial charge in [-0.1, -0.05) is 30.3 Å². The quantitative estimate of drug-likeness (QED) is 0.312. The number of rotatable bonds is 11. The molecule has 2 fully saturated rings. The average molecular weight is 489 g/mol. The second-order valence-corrected chi connectivity index (χ2v) is 9.05. The van der Waals surface area contributed by atoms with Crippen molar-refractivity contribution in [3.63, 3.8) is 0 Å². The van der Waals surface area contributed by atoms with Crippen molar-refractivity contribution in [1.82, 2.24) is 15.5 Å². The van der Waals surface area contributed by atoms with Crippen LogP contribution in [-0.4, -0.2) is 91.3 Å². The summed E-state index contributed by atoms with van der Waals surface area (Å²) >= 11 is 0. The molecule has 0 saturated carbocycles. The highest BCUT2D eigenvalue weighted by Gasteiger charge is 2.33. The minimum absolute atomic E-state index is 0.209. The number of hydrogen-bond acceptors (Lipinski definition) is 7. The summed E-state index contributed by atoms with van der Waals surface area (Å²) in [6, 6.07) is 8.66. The topological polar surface area (TPSA) is 137 Å². The van der Waals surface area contributed by atoms with Gasteiger partial charge in [0.2, 0.25) is 17.7 Å². The summed E-state index contributed by atoms with van der Waals surface area (Å²) < 4.78 is 10.6. The molecule has 2 aliphatic rings. The molecule has 0 bridgehead atoms. The molecule has 0 aliphatic carbocycles. The maximum Gasteiger partial charge on any atom is 0.475 e. The molecule has 192 valence electrons. The molecule has 0 aromatic heterocycles. The molecule has 0 spiro atoms. The number of amides is 3. The molecule has 3 rings (SSSR count). The smallest absolute Gasteiger partial charge is 0.426 e. The zero-order chi connectivity index (χ0) is 25.0. The molecule has 2 atom stereocenters. The maximum absolute atomic E-state index is 13.2. The summed E-state index contributed by atoms with van der Waals surface area (Å²) in [5.74, 6) is -2.38. The number of aryl methyl sites for hydroxylation is 1. The molecule has 2 saturated heterocycles. The number of nitrogens with one attached hydrogen (secondary N) is 2. The Kier molecular flexibility index (Phi) is 11.0. The molecule has 2 aliphatic heterocycles. The Morgan fingerprint density at radius 3 is 2.31 bits per heavy atom. The molecule has 10 nitrogen and oxygen atoms in total. The number of hydrogen-bond donors (Lipinski definition) is 4. The van der Waals surface area contributed by atoms with Gasteiger partial charge < -0.3 is 35.1 Å². The summed E-state index contributed by atoms with van der Waals surface area (Å²) in [5.41, 5.74) is 1.11. The zero-order valence-corrected chi connectivity index (χ0v) is 20.1. The van der Waals surface area contributed by atoms with Gasteiger partial charge in [0.15, 0.2) is 0 Å². The zero-order valence-electron chi connectivity index (χ0n) is 20.1. The van der Waals surface area contributed by atoms with E-state index >= 15 is 0 Å². The van der Waals surface area contributed by atoms with Gasteiger partial charge in [-0.2, -0.15) is 0 Å². The van der Waals surface area contributed by atoms with Gasteiger partial charge in [-0.3, -0.25) is 14.4 Å². The number of carbonyl (C=O) groups excluding carboxylic acids is 3. The van der Waals surface area contributed by atoms with Crippen LogP contribution in [0, 0.1) is 5.92 Å². The van der Waals surface area contributed by atoms with E-state index < -0.39 is 25.0 Å². The average Bonchev–Trinajstić information content (AvgIpc) is 2.89. The van der Waals surface area contributed by atoms with Crippen LogP contribution in [0.3, 0.4) is 0 Å². The van der Waals surface area contributed by atoms with E-state index in [0.717, 1.165) is 12.0 Å². The number of nitrogens with zero attached hydrogens (tertiary/aromatic N) is 1. The lowest BCUT2D eigenvalue weighted by molar-refractivity contribution is -0.140. The van der Waals surface area contributed by atoms with Crippen molar-refractivity contribution in [3.8, 4) is 0 Å². The lowest BCUT2D eigenvalue weighted by Gasteiger charge is -2.30. The second kappa shape index (κ2) is 14.2. The van der Waals surface area contributed by atoms with E-state index in [0.29, 0.717) is 65.2 Å². The number of morpholine rings is 1. The lowest BCUT2D eigenvalue weighted by Crippen LogP contribution is -2.56. The van der Waals surface area contributed by atoms with Crippen molar-refractivity contribution in [1.29, 1.82) is 0 Å². The predicted octanol–water partition coefficient (Wildman–Crippen LogP) is -0.334. The monoisotopic (exact) mass is 489 g/mol. The van der Waals surface area contributed by atoms with Gasteiger partial charge in [-0.25, -0.2) is 0 Å². The Morgan fingerprint density at radius 1 is 1.00 bits per heavy atom. The molecule has 11 heteroatoms. The molecular formula is C24H36BN3O7. The first-order chi connectivity index (χ1) is 16.9. The minimum atomic E-state index is -1.77. The first kappa shape index (κ1) is 27.1. The first-order valence-corrected chi connectivity index (χ1v) is 12.4. The fraction of sp³-hybridized carbons (Fsp3) is 0.625. The van der Waals surface area contributed by atoms with Crippen LogP contribution in [0.5, 0.6) is 0 Å². The van der Waals surface area contributed by atoms with Crippen LogP contribution in [0.4, 0.5) is 0 Å². The molecule has 0 unspecified atom stereocenters. The van der Waals surface area contributed by atoms with E-state index in [1.165, 1.54) is 0 Å². The Hall–Kier alpha value is -2.47. The molecule has 4 N–H and O–H groups in total. The highest BCUT2D eigenvalue weighted by molar-refractivity contribution is 6.43. The molecule has 35 heavy (non-hydrogen) atoms. The predicted molar refractivity (Wildman–Crippen MR) is 129 cm³/mol. The van der Waals surface area contributed by atoms with Crippen molar-refractivity contribution in [2.75, 3.05) is 39.5 Å². The lowest BCUT2D eigenvalue weighted by atomic mass is 9.76. The molecule has 3 amide bonds. The highest BCUT2D eigenvalue weighted by atomic mass is 16.5. The van der Waals surface area contributed by atoms with Gasteiger partial charge in [-0.15, -0.1) is 0 Å². The number of benzene rings is 1. The summed E-state index contributed by atoms with van der Waals surface area (Å²) in [5, 5.41) is 25.1. The van der Waals surface area contributed by atoms with Crippen molar-refractivity contribution < 1.29 is 33.9 Å². The van der Waals surface area contributed by atoms with Gasteiger partial charge in [-0.05, 0) is 37.7 Å². The Bertz CT molecular complexity index is 783. The second-order valence-electron chi connectivity index (χ2n) is 9.05. The van der Waals surface area contributed by atoms with E-state index in [1.807, 2.05) is 30.3 Å². The van der Waals surface area contributed by atoms with E-state index in [9.17, 15) is 24.4 Å². The summed E-state index contributed by atoms with van der Waals surface area (Å²) in [6.45, 7) is 2.66. The van der Waals surface area contributed by atoms with Crippen molar-refractivity contribution in [3.05, 3.63) is 35.9 Å². The third-order valence-electron chi connectivity index (χ3n) is 6.48. The third-order valence-corrected chi connectivity index (χ3v) is 6.48. The molecule has 1 aromatic carbocycles. The largest absolute Gasteiger partial charge is 0.475 e. The number of carbonyl (C=O) groups is 3. The van der Waals surface area contributed by atoms with E-state index in [-0.39, 0.29) is 24.2 Å². The van der Waals surface area contributed by atoms with E-state index in [1.54, 1.807) is 4.90 Å². The number of ether oxygens (including phenoxy) is 2. The minimum Gasteiger partial charge on any atom is -0.426 e. The molecular weight excluding hydrogens is 453 g/mol. The van der Waals surface area contributed by atoms with Gasteiger partial charge >= 0.3 is 7.12 Å². The summed E-state index contributed by atoms with van der Waals surface area (Å²) in [4.78, 5) is 40.4.